The zero-order valence-electron chi connectivity index (χ0n) is 14.9. The van der Waals surface area contributed by atoms with E-state index in [1.165, 1.54) is 33.1 Å². The van der Waals surface area contributed by atoms with Crippen LogP contribution in [0, 0.1) is 20.8 Å². The van der Waals surface area contributed by atoms with Crippen molar-refractivity contribution < 1.29 is 13.2 Å². The van der Waals surface area contributed by atoms with Crippen LogP contribution in [0.5, 0.6) is 0 Å². The third kappa shape index (κ3) is 4.06. The van der Waals surface area contributed by atoms with Crippen LogP contribution >= 0.6 is 22.7 Å². The molecule has 0 radical (unpaired) electrons. The van der Waals surface area contributed by atoms with Gasteiger partial charge in [0.25, 0.3) is 0 Å². The Labute approximate surface area is 161 Å². The van der Waals surface area contributed by atoms with Gasteiger partial charge in [0.15, 0.2) is 0 Å². The molecule has 0 N–H and O–H groups in total. The Morgan fingerprint density at radius 1 is 1.19 bits per heavy atom. The number of piperazine rings is 1. The molecule has 0 spiro atoms. The molecule has 1 fully saturated rings. The van der Waals surface area contributed by atoms with E-state index in [2.05, 4.69) is 4.98 Å². The number of amides is 1. The van der Waals surface area contributed by atoms with E-state index in [4.69, 9.17) is 0 Å². The molecule has 6 nitrogen and oxygen atoms in total. The van der Waals surface area contributed by atoms with Gasteiger partial charge in [-0.1, -0.05) is 0 Å². The smallest absolute Gasteiger partial charge is 0.246 e. The number of carbonyl (C=O) groups excluding carboxylic acids is 1. The summed E-state index contributed by atoms with van der Waals surface area (Å²) in [5.41, 5.74) is 0.769. The van der Waals surface area contributed by atoms with Crippen molar-refractivity contribution in [3.05, 3.63) is 38.0 Å². The number of hydrogen-bond acceptors (Lipinski definition) is 6. The minimum Gasteiger partial charge on any atom is -0.337 e. The number of thiazole rings is 1. The van der Waals surface area contributed by atoms with Crippen molar-refractivity contribution in [3.8, 4) is 0 Å². The first kappa shape index (κ1) is 19.2. The van der Waals surface area contributed by atoms with Crippen molar-refractivity contribution in [2.24, 2.45) is 0 Å². The summed E-state index contributed by atoms with van der Waals surface area (Å²) in [6, 6.07) is 1.73. The minimum absolute atomic E-state index is 0.116. The van der Waals surface area contributed by atoms with E-state index in [0.29, 0.717) is 31.1 Å². The summed E-state index contributed by atoms with van der Waals surface area (Å²) in [5, 5.41) is 2.85. The number of thiophene rings is 1. The summed E-state index contributed by atoms with van der Waals surface area (Å²) in [7, 11) is -3.49. The second-order valence-corrected chi connectivity index (χ2v) is 10.6. The molecule has 1 saturated heterocycles. The van der Waals surface area contributed by atoms with Crippen LogP contribution in [0.1, 0.15) is 20.5 Å². The van der Waals surface area contributed by atoms with E-state index in [-0.39, 0.29) is 5.91 Å². The summed E-state index contributed by atoms with van der Waals surface area (Å²) < 4.78 is 27.1. The van der Waals surface area contributed by atoms with Crippen LogP contribution in [-0.4, -0.2) is 54.7 Å². The Balaban J connectivity index is 1.62. The molecule has 0 atom stereocenters. The first-order chi connectivity index (χ1) is 12.3. The Bertz CT molecular complexity index is 936. The van der Waals surface area contributed by atoms with E-state index < -0.39 is 10.0 Å². The number of aromatic nitrogens is 1. The lowest BCUT2D eigenvalue weighted by molar-refractivity contribution is -0.127. The molecule has 1 aliphatic heterocycles. The highest BCUT2D eigenvalue weighted by Crippen LogP contribution is 2.28. The maximum absolute atomic E-state index is 12.8. The van der Waals surface area contributed by atoms with Gasteiger partial charge in [0.05, 0.1) is 15.6 Å². The van der Waals surface area contributed by atoms with Crippen molar-refractivity contribution in [2.75, 3.05) is 26.2 Å². The quantitative estimate of drug-likeness (QED) is 0.725. The third-order valence-corrected chi connectivity index (χ3v) is 8.11. The molecule has 3 rings (SSSR count). The van der Waals surface area contributed by atoms with E-state index in [1.807, 2.05) is 26.2 Å². The van der Waals surface area contributed by atoms with E-state index in [0.717, 1.165) is 20.5 Å². The Morgan fingerprint density at radius 3 is 2.42 bits per heavy atom. The average molecular weight is 412 g/mol. The lowest BCUT2D eigenvalue weighted by Gasteiger charge is -2.33. The largest absolute Gasteiger partial charge is 0.337 e. The van der Waals surface area contributed by atoms with E-state index in [9.17, 15) is 13.2 Å². The number of sulfonamides is 1. The topological polar surface area (TPSA) is 70.6 Å². The third-order valence-electron chi connectivity index (χ3n) is 4.20. The summed E-state index contributed by atoms with van der Waals surface area (Å²) in [5.74, 6) is -0.116. The molecule has 1 aliphatic rings. The lowest BCUT2D eigenvalue weighted by atomic mass is 10.3. The molecule has 140 valence electrons. The fraction of sp³-hybridized carbons (Fsp3) is 0.412. The van der Waals surface area contributed by atoms with Crippen LogP contribution in [0.25, 0.3) is 6.08 Å². The highest BCUT2D eigenvalue weighted by atomic mass is 32.2. The lowest BCUT2D eigenvalue weighted by Crippen LogP contribution is -2.50. The van der Waals surface area contributed by atoms with Crippen molar-refractivity contribution in [2.45, 2.75) is 25.7 Å². The molecule has 2 aromatic heterocycles. The zero-order valence-corrected chi connectivity index (χ0v) is 17.4. The SMILES string of the molecule is Cc1cc(S(=O)(=O)N2CCN(C(=O)/C=C/c3csc(C)n3)CC2)c(C)s1. The number of aryl methyl sites for hydroxylation is 3. The monoisotopic (exact) mass is 411 g/mol. The minimum atomic E-state index is -3.49. The summed E-state index contributed by atoms with van der Waals surface area (Å²) in [6.45, 7) is 7.05. The van der Waals surface area contributed by atoms with Gasteiger partial charge in [-0.25, -0.2) is 13.4 Å². The molecule has 0 saturated carbocycles. The van der Waals surface area contributed by atoms with Gasteiger partial charge in [0.2, 0.25) is 15.9 Å². The van der Waals surface area contributed by atoms with E-state index >= 15 is 0 Å². The molecule has 3 heterocycles. The van der Waals surface area contributed by atoms with Crippen LogP contribution in [0.4, 0.5) is 0 Å². The summed E-state index contributed by atoms with van der Waals surface area (Å²) in [4.78, 5) is 20.5. The highest BCUT2D eigenvalue weighted by molar-refractivity contribution is 7.89. The molecule has 26 heavy (non-hydrogen) atoms. The van der Waals surface area contributed by atoms with Gasteiger partial charge in [0, 0.05) is 47.4 Å². The van der Waals surface area contributed by atoms with Gasteiger partial charge in [-0.05, 0) is 32.9 Å². The van der Waals surface area contributed by atoms with Crippen molar-refractivity contribution in [3.63, 3.8) is 0 Å². The fourth-order valence-electron chi connectivity index (χ4n) is 2.87. The summed E-state index contributed by atoms with van der Waals surface area (Å²) >= 11 is 3.02. The maximum atomic E-state index is 12.8. The molecule has 0 aromatic carbocycles. The second-order valence-electron chi connectivity index (χ2n) is 6.13. The van der Waals surface area contributed by atoms with Crippen LogP contribution in [0.3, 0.4) is 0 Å². The van der Waals surface area contributed by atoms with Crippen LogP contribution in [0.2, 0.25) is 0 Å². The molecule has 1 amide bonds. The van der Waals surface area contributed by atoms with Crippen LogP contribution < -0.4 is 0 Å². The van der Waals surface area contributed by atoms with Crippen molar-refractivity contribution in [1.82, 2.24) is 14.2 Å². The Morgan fingerprint density at radius 2 is 1.88 bits per heavy atom. The predicted octanol–water partition coefficient (Wildman–Crippen LogP) is 2.68. The molecule has 0 unspecified atom stereocenters. The molecule has 2 aromatic rings. The number of carbonyl (C=O) groups is 1. The van der Waals surface area contributed by atoms with Gasteiger partial charge < -0.3 is 4.90 Å². The normalized spacial score (nSPS) is 16.5. The first-order valence-corrected chi connectivity index (χ1v) is 11.4. The predicted molar refractivity (Wildman–Crippen MR) is 105 cm³/mol. The zero-order chi connectivity index (χ0) is 18.9. The van der Waals surface area contributed by atoms with Crippen molar-refractivity contribution >= 4 is 44.7 Å². The fourth-order valence-corrected chi connectivity index (χ4v) is 6.40. The van der Waals surface area contributed by atoms with Gasteiger partial charge in [-0.3, -0.25) is 4.79 Å². The highest BCUT2D eigenvalue weighted by Gasteiger charge is 2.31. The van der Waals surface area contributed by atoms with Crippen LogP contribution in [-0.2, 0) is 14.8 Å². The molecule has 0 bridgehead atoms. The number of nitrogens with zero attached hydrogens (tertiary/aromatic N) is 3. The Hall–Kier alpha value is -1.55. The molecular formula is C17H21N3O3S3. The van der Waals surface area contributed by atoms with Crippen molar-refractivity contribution in [1.29, 1.82) is 0 Å². The van der Waals surface area contributed by atoms with Gasteiger partial charge >= 0.3 is 0 Å². The molecule has 0 aliphatic carbocycles. The van der Waals surface area contributed by atoms with E-state index in [1.54, 1.807) is 17.0 Å². The standard InChI is InChI=1S/C17H21N3O3S3/c1-12-10-16(13(2)25-12)26(22,23)20-8-6-19(7-9-20)17(21)5-4-15-11-24-14(3)18-15/h4-5,10-11H,6-9H2,1-3H3/b5-4+. The first-order valence-electron chi connectivity index (χ1n) is 8.23. The summed E-state index contributed by atoms with van der Waals surface area (Å²) in [6.07, 6.45) is 3.21. The molecule has 9 heteroatoms. The van der Waals surface area contributed by atoms with Gasteiger partial charge in [0.1, 0.15) is 0 Å². The number of hydrogen-bond donors (Lipinski definition) is 0. The maximum Gasteiger partial charge on any atom is 0.246 e. The Kier molecular flexibility index (Phi) is 5.61. The second kappa shape index (κ2) is 7.59. The van der Waals surface area contributed by atoms with Gasteiger partial charge in [-0.15, -0.1) is 22.7 Å². The molecular weight excluding hydrogens is 390 g/mol. The van der Waals surface area contributed by atoms with Gasteiger partial charge in [-0.2, -0.15) is 4.31 Å². The number of rotatable bonds is 4. The average Bonchev–Trinajstić information content (AvgIpc) is 3.17. The van der Waals surface area contributed by atoms with Crippen LogP contribution in [0.15, 0.2) is 22.4 Å².